The van der Waals surface area contributed by atoms with E-state index in [2.05, 4.69) is 4.98 Å². The van der Waals surface area contributed by atoms with E-state index in [9.17, 15) is 18.4 Å². The Morgan fingerprint density at radius 1 is 1.21 bits per heavy atom. The van der Waals surface area contributed by atoms with Gasteiger partial charge in [-0.1, -0.05) is 0 Å². The predicted molar refractivity (Wildman–Crippen MR) is 101 cm³/mol. The third kappa shape index (κ3) is 3.88. The molecule has 2 aliphatic rings. The van der Waals surface area contributed by atoms with Crippen molar-refractivity contribution >= 4 is 11.8 Å². The van der Waals surface area contributed by atoms with E-state index < -0.39 is 11.6 Å². The fraction of sp³-hybridized carbons (Fsp3) is 0.476. The molecule has 0 radical (unpaired) electrons. The third-order valence-electron chi connectivity index (χ3n) is 5.57. The van der Waals surface area contributed by atoms with Crippen LogP contribution >= 0.6 is 0 Å². The maximum Gasteiger partial charge on any atom is 0.227 e. The molecule has 1 fully saturated rings. The smallest absolute Gasteiger partial charge is 0.227 e. The molecule has 3 heterocycles. The molecule has 0 aliphatic carbocycles. The second kappa shape index (κ2) is 7.57. The number of rotatable bonds is 3. The summed E-state index contributed by atoms with van der Waals surface area (Å²) in [4.78, 5) is 33.0. The minimum absolute atomic E-state index is 0.00940. The molecule has 154 valence electrons. The fourth-order valence-electron chi connectivity index (χ4n) is 4.02. The molecule has 2 aromatic rings. The minimum atomic E-state index is -0.700. The first-order chi connectivity index (χ1) is 13.8. The molecule has 1 aromatic carbocycles. The summed E-state index contributed by atoms with van der Waals surface area (Å²) in [6.07, 6.45) is 1.43. The second-order valence-corrected chi connectivity index (χ2v) is 7.93. The van der Waals surface area contributed by atoms with Crippen LogP contribution in [0.25, 0.3) is 11.5 Å². The Bertz CT molecular complexity index is 936. The van der Waals surface area contributed by atoms with Crippen molar-refractivity contribution in [3.05, 3.63) is 41.3 Å². The van der Waals surface area contributed by atoms with E-state index in [-0.39, 0.29) is 35.2 Å². The first-order valence-electron chi connectivity index (χ1n) is 9.85. The first-order valence-corrected chi connectivity index (χ1v) is 9.85. The van der Waals surface area contributed by atoms with Crippen molar-refractivity contribution in [2.24, 2.45) is 5.92 Å². The summed E-state index contributed by atoms with van der Waals surface area (Å²) < 4.78 is 32.7. The van der Waals surface area contributed by atoms with Crippen molar-refractivity contribution in [1.82, 2.24) is 14.8 Å². The van der Waals surface area contributed by atoms with Gasteiger partial charge in [0.15, 0.2) is 0 Å². The lowest BCUT2D eigenvalue weighted by atomic mass is 9.94. The van der Waals surface area contributed by atoms with Crippen LogP contribution in [-0.2, 0) is 22.6 Å². The van der Waals surface area contributed by atoms with Crippen molar-refractivity contribution in [2.45, 2.75) is 45.7 Å². The van der Waals surface area contributed by atoms with Gasteiger partial charge in [-0.3, -0.25) is 9.59 Å². The van der Waals surface area contributed by atoms with Crippen LogP contribution in [0.1, 0.15) is 38.1 Å². The highest BCUT2D eigenvalue weighted by Gasteiger charge is 2.35. The second-order valence-electron chi connectivity index (χ2n) is 7.93. The molecule has 0 spiro atoms. The molecule has 2 aliphatic heterocycles. The molecule has 0 bridgehead atoms. The van der Waals surface area contributed by atoms with Gasteiger partial charge in [-0.15, -0.1) is 0 Å². The zero-order valence-corrected chi connectivity index (χ0v) is 16.5. The van der Waals surface area contributed by atoms with E-state index in [1.54, 1.807) is 9.80 Å². The molecule has 1 unspecified atom stereocenters. The number of hydrogen-bond donors (Lipinski definition) is 0. The Morgan fingerprint density at radius 2 is 1.93 bits per heavy atom. The number of carbonyl (C=O) groups excluding carboxylic acids is 2. The summed E-state index contributed by atoms with van der Waals surface area (Å²) >= 11 is 0. The molecule has 0 saturated carbocycles. The summed E-state index contributed by atoms with van der Waals surface area (Å²) in [6.45, 7) is 5.12. The quantitative estimate of drug-likeness (QED) is 0.790. The van der Waals surface area contributed by atoms with E-state index >= 15 is 0 Å². The summed E-state index contributed by atoms with van der Waals surface area (Å²) in [5.74, 6) is -0.735. The largest absolute Gasteiger partial charge is 0.441 e. The van der Waals surface area contributed by atoms with Crippen LogP contribution in [0.5, 0.6) is 0 Å². The maximum atomic E-state index is 13.5. The van der Waals surface area contributed by atoms with Gasteiger partial charge in [0, 0.05) is 43.6 Å². The Kier molecular flexibility index (Phi) is 5.10. The molecule has 29 heavy (non-hydrogen) atoms. The van der Waals surface area contributed by atoms with E-state index in [1.807, 2.05) is 13.8 Å². The molecule has 6 nitrogen and oxygen atoms in total. The van der Waals surface area contributed by atoms with Crippen LogP contribution < -0.4 is 0 Å². The van der Waals surface area contributed by atoms with E-state index in [1.165, 1.54) is 12.1 Å². The van der Waals surface area contributed by atoms with Crippen LogP contribution in [0, 0.1) is 17.6 Å². The summed E-state index contributed by atoms with van der Waals surface area (Å²) in [5, 5.41) is 0. The molecule has 1 atom stereocenters. The lowest BCUT2D eigenvalue weighted by Crippen LogP contribution is -2.50. The molecule has 0 N–H and O–H groups in total. The highest BCUT2D eigenvalue weighted by molar-refractivity contribution is 5.84. The SMILES string of the molecule is CC(C)N1CC(C(=O)N2CCc3oc(-c4cc(F)cc(F)c4)nc3C2)CCC1=O. The number of benzene rings is 1. The van der Waals surface area contributed by atoms with Crippen molar-refractivity contribution in [3.63, 3.8) is 0 Å². The highest BCUT2D eigenvalue weighted by atomic mass is 19.1. The minimum Gasteiger partial charge on any atom is -0.441 e. The zero-order chi connectivity index (χ0) is 20.7. The number of halogens is 2. The van der Waals surface area contributed by atoms with Crippen molar-refractivity contribution in [1.29, 1.82) is 0 Å². The van der Waals surface area contributed by atoms with Crippen LogP contribution in [0.2, 0.25) is 0 Å². The van der Waals surface area contributed by atoms with Gasteiger partial charge in [0.1, 0.15) is 23.1 Å². The average molecular weight is 403 g/mol. The topological polar surface area (TPSA) is 66.7 Å². The number of oxazole rings is 1. The van der Waals surface area contributed by atoms with Gasteiger partial charge in [-0.05, 0) is 32.4 Å². The van der Waals surface area contributed by atoms with Crippen molar-refractivity contribution in [2.75, 3.05) is 13.1 Å². The lowest BCUT2D eigenvalue weighted by molar-refractivity contribution is -0.145. The number of carbonyl (C=O) groups is 2. The Morgan fingerprint density at radius 3 is 2.62 bits per heavy atom. The summed E-state index contributed by atoms with van der Waals surface area (Å²) in [7, 11) is 0. The number of likely N-dealkylation sites (tertiary alicyclic amines) is 1. The van der Waals surface area contributed by atoms with E-state index in [0.29, 0.717) is 50.4 Å². The Hall–Kier alpha value is -2.77. The monoisotopic (exact) mass is 403 g/mol. The van der Waals surface area contributed by atoms with Gasteiger partial charge in [-0.2, -0.15) is 0 Å². The van der Waals surface area contributed by atoms with Crippen LogP contribution in [0.4, 0.5) is 8.78 Å². The summed E-state index contributed by atoms with van der Waals surface area (Å²) in [6, 6.07) is 3.20. The van der Waals surface area contributed by atoms with Crippen LogP contribution in [0.3, 0.4) is 0 Å². The van der Waals surface area contributed by atoms with Gasteiger partial charge in [0.25, 0.3) is 0 Å². The summed E-state index contributed by atoms with van der Waals surface area (Å²) in [5.41, 5.74) is 0.838. The zero-order valence-electron chi connectivity index (χ0n) is 16.5. The van der Waals surface area contributed by atoms with Crippen molar-refractivity contribution < 1.29 is 22.8 Å². The molecular weight excluding hydrogens is 380 g/mol. The fourth-order valence-corrected chi connectivity index (χ4v) is 4.02. The van der Waals surface area contributed by atoms with E-state index in [0.717, 1.165) is 6.07 Å². The molecule has 4 rings (SSSR count). The number of fused-ring (bicyclic) bond motifs is 1. The highest BCUT2D eigenvalue weighted by Crippen LogP contribution is 2.29. The molecule has 1 aromatic heterocycles. The average Bonchev–Trinajstić information content (AvgIpc) is 3.10. The van der Waals surface area contributed by atoms with Crippen LogP contribution in [0.15, 0.2) is 22.6 Å². The van der Waals surface area contributed by atoms with Gasteiger partial charge in [-0.25, -0.2) is 13.8 Å². The third-order valence-corrected chi connectivity index (χ3v) is 5.57. The molecule has 1 saturated heterocycles. The standard InChI is InChI=1S/C21H23F2N3O3/c1-12(2)26-10-13(3-4-19(26)27)21(28)25-6-5-18-17(11-25)24-20(29-18)14-7-15(22)9-16(23)8-14/h7-9,12-13H,3-6,10-11H2,1-2H3. The molecule has 8 heteroatoms. The van der Waals surface area contributed by atoms with E-state index in [4.69, 9.17) is 4.42 Å². The first kappa shape index (κ1) is 19.5. The predicted octanol–water partition coefficient (Wildman–Crippen LogP) is 3.15. The Balaban J connectivity index is 1.49. The van der Waals surface area contributed by atoms with Gasteiger partial charge in [0.2, 0.25) is 17.7 Å². The lowest BCUT2D eigenvalue weighted by Gasteiger charge is -2.37. The molecule has 2 amide bonds. The van der Waals surface area contributed by atoms with Gasteiger partial charge < -0.3 is 14.2 Å². The molecular formula is C21H23F2N3O3. The number of amides is 2. The number of hydrogen-bond acceptors (Lipinski definition) is 4. The van der Waals surface area contributed by atoms with Gasteiger partial charge in [0.05, 0.1) is 12.5 Å². The van der Waals surface area contributed by atoms with Crippen LogP contribution in [-0.4, -0.2) is 45.7 Å². The van der Waals surface area contributed by atoms with Crippen molar-refractivity contribution in [3.8, 4) is 11.5 Å². The number of aromatic nitrogens is 1. The number of piperidine rings is 1. The number of nitrogens with zero attached hydrogens (tertiary/aromatic N) is 3. The van der Waals surface area contributed by atoms with Gasteiger partial charge >= 0.3 is 0 Å². The normalized spacial score (nSPS) is 19.6. The maximum absolute atomic E-state index is 13.5. The Labute approximate surface area is 167 Å².